The van der Waals surface area contributed by atoms with Crippen LogP contribution < -0.4 is 0 Å². The fourth-order valence-electron chi connectivity index (χ4n) is 2.14. The third-order valence-corrected chi connectivity index (χ3v) is 4.53. The molecule has 1 aliphatic heterocycles. The van der Waals surface area contributed by atoms with Gasteiger partial charge >= 0.3 is 11.9 Å². The van der Waals surface area contributed by atoms with E-state index in [1.54, 1.807) is 0 Å². The molecule has 0 spiro atoms. The Morgan fingerprint density at radius 2 is 2.05 bits per heavy atom. The van der Waals surface area contributed by atoms with E-state index in [9.17, 15) is 18.4 Å². The summed E-state index contributed by atoms with van der Waals surface area (Å²) in [6.45, 7) is 0. The minimum Gasteiger partial charge on any atom is -0.481 e. The molecule has 1 aromatic rings. The quantitative estimate of drug-likeness (QED) is 0.859. The lowest BCUT2D eigenvalue weighted by Gasteiger charge is -2.12. The van der Waals surface area contributed by atoms with Crippen molar-refractivity contribution in [2.24, 2.45) is 10.9 Å². The van der Waals surface area contributed by atoms with Crippen LogP contribution in [0.15, 0.2) is 23.2 Å². The number of hydrogen-bond donors (Lipinski definition) is 1. The molecule has 1 fully saturated rings. The molecular formula is C14H13F2NO4S. The third-order valence-electron chi connectivity index (χ3n) is 3.17. The van der Waals surface area contributed by atoms with Crippen molar-refractivity contribution in [3.63, 3.8) is 0 Å². The zero-order valence-electron chi connectivity index (χ0n) is 11.6. The van der Waals surface area contributed by atoms with E-state index in [-0.39, 0.29) is 12.1 Å². The van der Waals surface area contributed by atoms with E-state index in [2.05, 4.69) is 9.73 Å². The molecule has 2 atom stereocenters. The highest BCUT2D eigenvalue weighted by Gasteiger charge is 2.39. The predicted molar refractivity (Wildman–Crippen MR) is 77.5 cm³/mol. The Morgan fingerprint density at radius 3 is 2.59 bits per heavy atom. The van der Waals surface area contributed by atoms with Crippen LogP contribution in [0.2, 0.25) is 0 Å². The second-order valence-corrected chi connectivity index (χ2v) is 5.78. The largest absolute Gasteiger partial charge is 0.481 e. The number of carbonyl (C=O) groups excluding carboxylic acids is 1. The van der Waals surface area contributed by atoms with Crippen LogP contribution in [0.4, 0.5) is 14.5 Å². The van der Waals surface area contributed by atoms with Gasteiger partial charge in [0, 0.05) is 17.4 Å². The van der Waals surface area contributed by atoms with Gasteiger partial charge in [0.1, 0.15) is 10.9 Å². The monoisotopic (exact) mass is 329 g/mol. The van der Waals surface area contributed by atoms with E-state index in [0.29, 0.717) is 5.75 Å². The number of nitrogens with zero attached hydrogens (tertiary/aromatic N) is 1. The normalized spacial score (nSPS) is 22.8. The van der Waals surface area contributed by atoms with Gasteiger partial charge in [0.25, 0.3) is 0 Å². The van der Waals surface area contributed by atoms with Crippen molar-refractivity contribution in [2.45, 2.75) is 11.7 Å². The summed E-state index contributed by atoms with van der Waals surface area (Å²) < 4.78 is 32.1. The van der Waals surface area contributed by atoms with Crippen molar-refractivity contribution in [3.05, 3.63) is 29.8 Å². The van der Waals surface area contributed by atoms with E-state index in [1.807, 2.05) is 0 Å². The zero-order valence-corrected chi connectivity index (χ0v) is 12.4. The van der Waals surface area contributed by atoms with Crippen molar-refractivity contribution in [3.8, 4) is 0 Å². The van der Waals surface area contributed by atoms with Gasteiger partial charge in [-0.3, -0.25) is 9.59 Å². The molecule has 1 N–H and O–H groups in total. The Bertz CT molecular complexity index is 615. The highest BCUT2D eigenvalue weighted by molar-refractivity contribution is 8.01. The summed E-state index contributed by atoms with van der Waals surface area (Å²) in [5.74, 6) is -3.69. The van der Waals surface area contributed by atoms with Gasteiger partial charge in [0.05, 0.1) is 13.5 Å². The number of hydrogen-bond acceptors (Lipinski definition) is 5. The Hall–Kier alpha value is -1.96. The molecule has 1 aliphatic rings. The van der Waals surface area contributed by atoms with Crippen LogP contribution >= 0.6 is 11.8 Å². The first-order valence-electron chi connectivity index (χ1n) is 6.37. The first kappa shape index (κ1) is 16.4. The Balaban J connectivity index is 2.45. The van der Waals surface area contributed by atoms with Crippen molar-refractivity contribution < 1.29 is 28.2 Å². The van der Waals surface area contributed by atoms with Gasteiger partial charge in [0.15, 0.2) is 11.6 Å². The van der Waals surface area contributed by atoms with Gasteiger partial charge in [-0.05, 0) is 12.1 Å². The number of thioether (sulfide) groups is 1. The molecule has 8 heteroatoms. The predicted octanol–water partition coefficient (Wildman–Crippen LogP) is 2.42. The number of halogens is 2. The molecule has 1 aromatic carbocycles. The first-order chi connectivity index (χ1) is 10.4. The van der Waals surface area contributed by atoms with Crippen LogP contribution in [-0.2, 0) is 14.3 Å². The van der Waals surface area contributed by atoms with Crippen molar-refractivity contribution in [1.29, 1.82) is 0 Å². The highest BCUT2D eigenvalue weighted by Crippen LogP contribution is 2.35. The molecule has 5 nitrogen and oxygen atoms in total. The summed E-state index contributed by atoms with van der Waals surface area (Å²) in [6.07, 6.45) is -0.268. The number of aliphatic carboxylic acids is 1. The number of benzene rings is 1. The Kier molecular flexibility index (Phi) is 5.12. The zero-order chi connectivity index (χ0) is 16.3. The van der Waals surface area contributed by atoms with Crippen LogP contribution in [0.25, 0.3) is 0 Å². The van der Waals surface area contributed by atoms with Crippen molar-refractivity contribution >= 4 is 35.1 Å². The van der Waals surface area contributed by atoms with Gasteiger partial charge in [-0.15, -0.1) is 11.8 Å². The maximum atomic E-state index is 13.7. The molecule has 1 heterocycles. The van der Waals surface area contributed by atoms with E-state index in [4.69, 9.17) is 5.11 Å². The minimum absolute atomic E-state index is 0.128. The number of esters is 1. The van der Waals surface area contributed by atoms with E-state index >= 15 is 0 Å². The summed E-state index contributed by atoms with van der Waals surface area (Å²) >= 11 is 1.15. The molecular weight excluding hydrogens is 316 g/mol. The lowest BCUT2D eigenvalue weighted by molar-refractivity contribution is -0.139. The lowest BCUT2D eigenvalue weighted by Crippen LogP contribution is -2.28. The van der Waals surface area contributed by atoms with E-state index < -0.39 is 40.4 Å². The number of carboxylic acids is 1. The van der Waals surface area contributed by atoms with Crippen LogP contribution in [0, 0.1) is 17.6 Å². The van der Waals surface area contributed by atoms with Gasteiger partial charge in [0.2, 0.25) is 0 Å². The van der Waals surface area contributed by atoms with E-state index in [0.717, 1.165) is 23.9 Å². The molecule has 0 bridgehead atoms. The second-order valence-electron chi connectivity index (χ2n) is 4.64. The summed E-state index contributed by atoms with van der Waals surface area (Å²) in [7, 11) is 1.19. The number of carbonyl (C=O) groups is 2. The smallest absolute Gasteiger partial charge is 0.324 e. The van der Waals surface area contributed by atoms with Gasteiger partial charge in [-0.2, -0.15) is 0 Å². The number of carboxylic acid groups (broad SMARTS) is 1. The fraction of sp³-hybridized carbons (Fsp3) is 0.357. The topological polar surface area (TPSA) is 76.0 Å². The van der Waals surface area contributed by atoms with Crippen molar-refractivity contribution in [2.75, 3.05) is 12.9 Å². The molecule has 2 unspecified atom stereocenters. The number of methoxy groups -OCH3 is 1. The summed E-state index contributed by atoms with van der Waals surface area (Å²) in [5, 5.41) is 8.07. The number of ether oxygens (including phenoxy) is 1. The molecule has 0 amide bonds. The van der Waals surface area contributed by atoms with Gasteiger partial charge in [-0.25, -0.2) is 13.8 Å². The third kappa shape index (κ3) is 3.44. The molecule has 0 saturated carbocycles. The molecule has 0 aromatic heterocycles. The van der Waals surface area contributed by atoms with Crippen LogP contribution in [0.1, 0.15) is 6.42 Å². The average Bonchev–Trinajstić information content (AvgIpc) is 2.84. The molecule has 0 radical (unpaired) electrons. The van der Waals surface area contributed by atoms with Gasteiger partial charge < -0.3 is 9.84 Å². The Labute approximate surface area is 129 Å². The molecule has 22 heavy (non-hydrogen) atoms. The molecule has 2 rings (SSSR count). The van der Waals surface area contributed by atoms with Crippen LogP contribution in [0.5, 0.6) is 0 Å². The van der Waals surface area contributed by atoms with Crippen LogP contribution in [0.3, 0.4) is 0 Å². The fourth-order valence-corrected chi connectivity index (χ4v) is 3.50. The SMILES string of the molecule is COC(=O)C1SCC(CC(=O)O)/C1=N\c1c(F)cccc1F. The van der Waals surface area contributed by atoms with Crippen LogP contribution in [-0.4, -0.2) is 40.9 Å². The van der Waals surface area contributed by atoms with Gasteiger partial charge in [-0.1, -0.05) is 6.07 Å². The minimum atomic E-state index is -1.07. The highest BCUT2D eigenvalue weighted by atomic mass is 32.2. The molecule has 1 saturated heterocycles. The number of aliphatic imine (C=N–C) groups is 1. The lowest BCUT2D eigenvalue weighted by atomic mass is 9.99. The molecule has 118 valence electrons. The maximum absolute atomic E-state index is 13.7. The summed E-state index contributed by atoms with van der Waals surface area (Å²) in [5.41, 5.74) is -0.396. The average molecular weight is 329 g/mol. The number of rotatable bonds is 4. The second kappa shape index (κ2) is 6.87. The molecule has 0 aliphatic carbocycles. The summed E-state index contributed by atoms with van der Waals surface area (Å²) in [6, 6.07) is 3.29. The van der Waals surface area contributed by atoms with E-state index in [1.165, 1.54) is 13.2 Å². The van der Waals surface area contributed by atoms with Crippen molar-refractivity contribution in [1.82, 2.24) is 0 Å². The number of para-hydroxylation sites is 1. The Morgan fingerprint density at radius 1 is 1.41 bits per heavy atom. The standard InChI is InChI=1S/C14H13F2NO4S/c1-21-14(20)13-11(7(6-22-13)5-10(18)19)17-12-8(15)3-2-4-9(12)16/h2-4,7,13H,5-6H2,1H3,(H,18,19)/b17-11+. The maximum Gasteiger partial charge on any atom is 0.324 e. The first-order valence-corrected chi connectivity index (χ1v) is 7.42. The summed E-state index contributed by atoms with van der Waals surface area (Å²) in [4.78, 5) is 26.6.